The standard InChI is InChI=1S/C17H28N2/c1-3-15(18)13-14-9-5-8-12-17(14)19(4-2)16-10-6-7-11-16/h5,8-9,12,15-16H,3-4,6-7,10-11,13,18H2,1-2H3. The minimum Gasteiger partial charge on any atom is -0.369 e. The highest BCUT2D eigenvalue weighted by Gasteiger charge is 2.23. The summed E-state index contributed by atoms with van der Waals surface area (Å²) in [4.78, 5) is 2.60. The second-order valence-corrected chi connectivity index (χ2v) is 5.73. The van der Waals surface area contributed by atoms with E-state index in [1.807, 2.05) is 0 Å². The molecule has 19 heavy (non-hydrogen) atoms. The predicted octanol–water partition coefficient (Wildman–Crippen LogP) is 3.74. The van der Waals surface area contributed by atoms with Gasteiger partial charge in [0, 0.05) is 24.3 Å². The zero-order valence-electron chi connectivity index (χ0n) is 12.4. The Labute approximate surface area is 118 Å². The van der Waals surface area contributed by atoms with Crippen molar-refractivity contribution in [1.82, 2.24) is 0 Å². The van der Waals surface area contributed by atoms with Crippen molar-refractivity contribution < 1.29 is 0 Å². The molecule has 0 spiro atoms. The lowest BCUT2D eigenvalue weighted by Crippen LogP contribution is -2.34. The molecule has 0 bridgehead atoms. The maximum absolute atomic E-state index is 6.15. The van der Waals surface area contributed by atoms with E-state index in [0.29, 0.717) is 0 Å². The smallest absolute Gasteiger partial charge is 0.0401 e. The number of rotatable bonds is 6. The number of nitrogens with zero attached hydrogens (tertiary/aromatic N) is 1. The van der Waals surface area contributed by atoms with Crippen LogP contribution >= 0.6 is 0 Å². The molecule has 106 valence electrons. The van der Waals surface area contributed by atoms with Crippen molar-refractivity contribution in [2.75, 3.05) is 11.4 Å². The van der Waals surface area contributed by atoms with Crippen LogP contribution in [-0.2, 0) is 6.42 Å². The molecule has 2 rings (SSSR count). The van der Waals surface area contributed by atoms with Gasteiger partial charge in [0.15, 0.2) is 0 Å². The third-order valence-corrected chi connectivity index (χ3v) is 4.41. The second-order valence-electron chi connectivity index (χ2n) is 5.73. The molecule has 2 N–H and O–H groups in total. The van der Waals surface area contributed by atoms with Crippen molar-refractivity contribution in [2.45, 2.75) is 64.5 Å². The zero-order chi connectivity index (χ0) is 13.7. The third kappa shape index (κ3) is 3.50. The first-order valence-electron chi connectivity index (χ1n) is 7.86. The zero-order valence-corrected chi connectivity index (χ0v) is 12.4. The van der Waals surface area contributed by atoms with Gasteiger partial charge in [-0.1, -0.05) is 38.0 Å². The Morgan fingerprint density at radius 1 is 1.21 bits per heavy atom. The van der Waals surface area contributed by atoms with Crippen molar-refractivity contribution in [3.8, 4) is 0 Å². The fraction of sp³-hybridized carbons (Fsp3) is 0.647. The van der Waals surface area contributed by atoms with Crippen LogP contribution in [0.15, 0.2) is 24.3 Å². The summed E-state index contributed by atoms with van der Waals surface area (Å²) in [5, 5.41) is 0. The van der Waals surface area contributed by atoms with Crippen molar-refractivity contribution in [1.29, 1.82) is 0 Å². The van der Waals surface area contributed by atoms with Crippen LogP contribution in [0.2, 0.25) is 0 Å². The van der Waals surface area contributed by atoms with Crippen LogP contribution in [0.5, 0.6) is 0 Å². The van der Waals surface area contributed by atoms with E-state index in [9.17, 15) is 0 Å². The highest BCUT2D eigenvalue weighted by atomic mass is 15.2. The van der Waals surface area contributed by atoms with Crippen LogP contribution in [0.1, 0.15) is 51.5 Å². The molecule has 1 aromatic carbocycles. The van der Waals surface area contributed by atoms with E-state index >= 15 is 0 Å². The number of hydrogen-bond donors (Lipinski definition) is 1. The molecule has 2 nitrogen and oxygen atoms in total. The topological polar surface area (TPSA) is 29.3 Å². The van der Waals surface area contributed by atoms with Gasteiger partial charge in [-0.15, -0.1) is 0 Å². The Kier molecular flexibility index (Phi) is 5.26. The molecule has 0 aliphatic heterocycles. The fourth-order valence-corrected chi connectivity index (χ4v) is 3.23. The highest BCUT2D eigenvalue weighted by molar-refractivity contribution is 5.55. The van der Waals surface area contributed by atoms with E-state index in [-0.39, 0.29) is 6.04 Å². The van der Waals surface area contributed by atoms with Crippen molar-refractivity contribution in [2.24, 2.45) is 5.73 Å². The molecule has 1 aromatic rings. The Hall–Kier alpha value is -1.02. The molecular formula is C17H28N2. The van der Waals surface area contributed by atoms with Crippen molar-refractivity contribution in [3.05, 3.63) is 29.8 Å². The van der Waals surface area contributed by atoms with Crippen molar-refractivity contribution in [3.63, 3.8) is 0 Å². The SMILES string of the molecule is CCC(N)Cc1ccccc1N(CC)C1CCCC1. The van der Waals surface area contributed by atoms with Crippen LogP contribution < -0.4 is 10.6 Å². The molecule has 1 aliphatic rings. The minimum atomic E-state index is 0.281. The Morgan fingerprint density at radius 3 is 2.53 bits per heavy atom. The van der Waals surface area contributed by atoms with Gasteiger partial charge in [0.25, 0.3) is 0 Å². The van der Waals surface area contributed by atoms with Crippen LogP contribution in [-0.4, -0.2) is 18.6 Å². The summed E-state index contributed by atoms with van der Waals surface area (Å²) >= 11 is 0. The van der Waals surface area contributed by atoms with E-state index in [0.717, 1.165) is 25.4 Å². The molecule has 0 amide bonds. The first kappa shape index (κ1) is 14.4. The first-order valence-corrected chi connectivity index (χ1v) is 7.86. The summed E-state index contributed by atoms with van der Waals surface area (Å²) in [5.41, 5.74) is 8.99. The average molecular weight is 260 g/mol. The molecule has 1 atom stereocenters. The molecule has 2 heteroatoms. The summed E-state index contributed by atoms with van der Waals surface area (Å²) in [6.07, 6.45) is 7.51. The van der Waals surface area contributed by atoms with E-state index in [4.69, 9.17) is 5.73 Å². The Bertz CT molecular complexity index is 383. The molecule has 1 unspecified atom stereocenters. The maximum atomic E-state index is 6.15. The van der Waals surface area contributed by atoms with Crippen LogP contribution in [0.25, 0.3) is 0 Å². The largest absolute Gasteiger partial charge is 0.369 e. The third-order valence-electron chi connectivity index (χ3n) is 4.41. The Morgan fingerprint density at radius 2 is 1.89 bits per heavy atom. The number of benzene rings is 1. The van der Waals surface area contributed by atoms with Gasteiger partial charge in [0.05, 0.1) is 0 Å². The van der Waals surface area contributed by atoms with Crippen LogP contribution in [0, 0.1) is 0 Å². The molecular weight excluding hydrogens is 232 g/mol. The lowest BCUT2D eigenvalue weighted by atomic mass is 10.0. The Balaban J connectivity index is 2.21. The molecule has 0 saturated heterocycles. The number of nitrogens with two attached hydrogens (primary N) is 1. The molecule has 1 fully saturated rings. The summed E-state index contributed by atoms with van der Waals surface area (Å²) in [5.74, 6) is 0. The van der Waals surface area contributed by atoms with Crippen molar-refractivity contribution >= 4 is 5.69 Å². The summed E-state index contributed by atoms with van der Waals surface area (Å²) < 4.78 is 0. The van der Waals surface area contributed by atoms with E-state index < -0.39 is 0 Å². The maximum Gasteiger partial charge on any atom is 0.0401 e. The second kappa shape index (κ2) is 6.95. The molecule has 1 saturated carbocycles. The monoisotopic (exact) mass is 260 g/mol. The minimum absolute atomic E-state index is 0.281. The molecule has 0 heterocycles. The van der Waals surface area contributed by atoms with Gasteiger partial charge >= 0.3 is 0 Å². The van der Waals surface area contributed by atoms with Gasteiger partial charge in [-0.2, -0.15) is 0 Å². The van der Waals surface area contributed by atoms with E-state index in [2.05, 4.69) is 43.0 Å². The average Bonchev–Trinajstić information content (AvgIpc) is 2.95. The molecule has 0 aromatic heterocycles. The van der Waals surface area contributed by atoms with E-state index in [1.165, 1.54) is 36.9 Å². The van der Waals surface area contributed by atoms with Gasteiger partial charge in [-0.25, -0.2) is 0 Å². The quantitative estimate of drug-likeness (QED) is 0.844. The van der Waals surface area contributed by atoms with Gasteiger partial charge in [-0.05, 0) is 44.2 Å². The molecule has 0 radical (unpaired) electrons. The van der Waals surface area contributed by atoms with E-state index in [1.54, 1.807) is 0 Å². The van der Waals surface area contributed by atoms with Gasteiger partial charge in [0.1, 0.15) is 0 Å². The number of para-hydroxylation sites is 1. The lowest BCUT2D eigenvalue weighted by Gasteiger charge is -2.32. The van der Waals surface area contributed by atoms with Gasteiger partial charge in [0.2, 0.25) is 0 Å². The highest BCUT2D eigenvalue weighted by Crippen LogP contribution is 2.30. The van der Waals surface area contributed by atoms with Crippen LogP contribution in [0.3, 0.4) is 0 Å². The summed E-state index contributed by atoms with van der Waals surface area (Å²) in [7, 11) is 0. The number of hydrogen-bond acceptors (Lipinski definition) is 2. The summed E-state index contributed by atoms with van der Waals surface area (Å²) in [6.45, 7) is 5.54. The number of anilines is 1. The van der Waals surface area contributed by atoms with Gasteiger partial charge in [-0.3, -0.25) is 0 Å². The van der Waals surface area contributed by atoms with Gasteiger partial charge < -0.3 is 10.6 Å². The predicted molar refractivity (Wildman–Crippen MR) is 83.7 cm³/mol. The molecule has 1 aliphatic carbocycles. The lowest BCUT2D eigenvalue weighted by molar-refractivity contribution is 0.608. The normalized spacial score (nSPS) is 17.6. The first-order chi connectivity index (χ1) is 9.26. The fourth-order valence-electron chi connectivity index (χ4n) is 3.23. The van der Waals surface area contributed by atoms with Crippen LogP contribution in [0.4, 0.5) is 5.69 Å². The summed E-state index contributed by atoms with van der Waals surface area (Å²) in [6, 6.07) is 9.85.